The minimum Gasteiger partial charge on any atom is -0.339 e. The molecule has 0 heterocycles. The van der Waals surface area contributed by atoms with Gasteiger partial charge in [0.05, 0.1) is 0 Å². The van der Waals surface area contributed by atoms with Crippen molar-refractivity contribution in [3.05, 3.63) is 42.5 Å². The Kier molecular flexibility index (Phi) is 7.14. The Labute approximate surface area is 167 Å². The van der Waals surface area contributed by atoms with E-state index in [1.54, 1.807) is 0 Å². The van der Waals surface area contributed by atoms with Crippen molar-refractivity contribution in [1.82, 2.24) is 10.6 Å². The first-order valence-electron chi connectivity index (χ1n) is 7.72. The van der Waals surface area contributed by atoms with Gasteiger partial charge in [-0.3, -0.25) is 4.79 Å². The minimum atomic E-state index is -1.76. The molecule has 0 fully saturated rings. The summed E-state index contributed by atoms with van der Waals surface area (Å²) in [5.41, 5.74) is 0.818. The zero-order valence-electron chi connectivity index (χ0n) is 13.5. The number of anilines is 1. The van der Waals surface area contributed by atoms with Gasteiger partial charge in [-0.1, -0.05) is 78.1 Å². The Morgan fingerprint density at radius 3 is 2.48 bits per heavy atom. The van der Waals surface area contributed by atoms with Gasteiger partial charge in [0.2, 0.25) is 9.70 Å². The van der Waals surface area contributed by atoms with Crippen LogP contribution in [0.15, 0.2) is 42.5 Å². The van der Waals surface area contributed by atoms with Gasteiger partial charge in [-0.05, 0) is 30.1 Å². The van der Waals surface area contributed by atoms with E-state index in [4.69, 9.17) is 47.0 Å². The molecule has 2 aromatic carbocycles. The second-order valence-electron chi connectivity index (χ2n) is 5.42. The van der Waals surface area contributed by atoms with Crippen LogP contribution in [0.4, 0.5) is 5.69 Å². The fourth-order valence-corrected chi connectivity index (χ4v) is 2.84. The number of hydrogen-bond acceptors (Lipinski definition) is 2. The predicted octanol–water partition coefficient (Wildman–Crippen LogP) is 4.74. The molecular weight excluding hydrogens is 401 g/mol. The second-order valence-corrected chi connectivity index (χ2v) is 8.19. The normalized spacial score (nSPS) is 12.5. The molecule has 0 aliphatic rings. The summed E-state index contributed by atoms with van der Waals surface area (Å²) in [6, 6.07) is 13.7. The summed E-state index contributed by atoms with van der Waals surface area (Å²) in [5.74, 6) is -0.223. The summed E-state index contributed by atoms with van der Waals surface area (Å²) >= 11 is 23.2. The van der Waals surface area contributed by atoms with Crippen molar-refractivity contribution in [3.63, 3.8) is 0 Å². The smallest absolute Gasteiger partial charge is 0.228 e. The zero-order chi connectivity index (χ0) is 18.4. The van der Waals surface area contributed by atoms with Crippen molar-refractivity contribution < 1.29 is 4.79 Å². The first-order chi connectivity index (χ1) is 11.8. The highest BCUT2D eigenvalue weighted by Crippen LogP contribution is 2.29. The third kappa shape index (κ3) is 5.89. The standard InChI is InChI=1S/C17H18Cl3N3OS/c1-2-6-14(24)22-15(17(18,19)20)23-16(25)21-13-10-5-8-11-7-3-4-9-12(11)13/h3-5,7-10,15H,2,6H2,1H3,(H,22,24)(H2,21,23,25)/t15-/m0/s1. The van der Waals surface area contributed by atoms with Crippen molar-refractivity contribution in [2.45, 2.75) is 29.7 Å². The maximum Gasteiger partial charge on any atom is 0.228 e. The fourth-order valence-electron chi connectivity index (χ4n) is 2.28. The number of benzene rings is 2. The molecule has 0 aromatic heterocycles. The number of nitrogens with one attached hydrogen (secondary N) is 3. The average Bonchev–Trinajstić information content (AvgIpc) is 2.54. The lowest BCUT2D eigenvalue weighted by molar-refractivity contribution is -0.121. The van der Waals surface area contributed by atoms with Crippen molar-refractivity contribution in [2.75, 3.05) is 5.32 Å². The molecule has 0 aliphatic carbocycles. The van der Waals surface area contributed by atoms with Gasteiger partial charge in [0.25, 0.3) is 0 Å². The lowest BCUT2D eigenvalue weighted by atomic mass is 10.1. The second kappa shape index (κ2) is 8.90. The molecular formula is C17H18Cl3N3OS. The molecule has 0 radical (unpaired) electrons. The van der Waals surface area contributed by atoms with E-state index in [-0.39, 0.29) is 11.0 Å². The van der Waals surface area contributed by atoms with E-state index >= 15 is 0 Å². The topological polar surface area (TPSA) is 53.2 Å². The van der Waals surface area contributed by atoms with Crippen LogP contribution in [0.3, 0.4) is 0 Å². The maximum atomic E-state index is 11.8. The first kappa shape index (κ1) is 20.0. The number of carbonyl (C=O) groups excluding carboxylic acids is 1. The Hall–Kier alpha value is -1.27. The molecule has 4 nitrogen and oxygen atoms in total. The van der Waals surface area contributed by atoms with Gasteiger partial charge in [-0.15, -0.1) is 0 Å². The van der Waals surface area contributed by atoms with Crippen LogP contribution in [0, 0.1) is 0 Å². The third-order valence-corrected chi connectivity index (χ3v) is 4.30. The molecule has 0 bridgehead atoms. The summed E-state index contributed by atoms with van der Waals surface area (Å²) in [7, 11) is 0. The largest absolute Gasteiger partial charge is 0.339 e. The third-order valence-electron chi connectivity index (χ3n) is 3.42. The van der Waals surface area contributed by atoms with Gasteiger partial charge in [0.1, 0.15) is 6.17 Å². The highest BCUT2D eigenvalue weighted by atomic mass is 35.6. The summed E-state index contributed by atoms with van der Waals surface area (Å²) in [4.78, 5) is 11.8. The number of halogens is 3. The molecule has 2 rings (SSSR count). The van der Waals surface area contributed by atoms with Crippen LogP contribution < -0.4 is 16.0 Å². The molecule has 0 unspecified atom stereocenters. The number of rotatable bonds is 5. The Morgan fingerprint density at radius 2 is 1.80 bits per heavy atom. The molecule has 134 valence electrons. The van der Waals surface area contributed by atoms with E-state index < -0.39 is 9.96 Å². The number of carbonyl (C=O) groups is 1. The van der Waals surface area contributed by atoms with Crippen LogP contribution >= 0.6 is 47.0 Å². The fraction of sp³-hybridized carbons (Fsp3) is 0.294. The molecule has 1 atom stereocenters. The van der Waals surface area contributed by atoms with Crippen LogP contribution in [-0.4, -0.2) is 21.0 Å². The highest BCUT2D eigenvalue weighted by molar-refractivity contribution is 7.80. The summed E-state index contributed by atoms with van der Waals surface area (Å²) in [6.45, 7) is 1.89. The molecule has 8 heteroatoms. The van der Waals surface area contributed by atoms with Crippen LogP contribution in [0.25, 0.3) is 10.8 Å². The van der Waals surface area contributed by atoms with E-state index in [1.807, 2.05) is 49.4 Å². The average molecular weight is 419 g/mol. The van der Waals surface area contributed by atoms with E-state index in [0.29, 0.717) is 12.8 Å². The quantitative estimate of drug-likeness (QED) is 0.373. The monoisotopic (exact) mass is 417 g/mol. The molecule has 0 saturated carbocycles. The molecule has 0 spiro atoms. The first-order valence-corrected chi connectivity index (χ1v) is 9.27. The van der Waals surface area contributed by atoms with Crippen LogP contribution in [0.2, 0.25) is 0 Å². The minimum absolute atomic E-state index is 0.223. The van der Waals surface area contributed by atoms with Crippen LogP contribution in [0.5, 0.6) is 0 Å². The number of amides is 1. The lowest BCUT2D eigenvalue weighted by Crippen LogP contribution is -2.56. The lowest BCUT2D eigenvalue weighted by Gasteiger charge is -2.28. The summed E-state index contributed by atoms with van der Waals surface area (Å²) in [6.07, 6.45) is 0.0750. The van der Waals surface area contributed by atoms with Gasteiger partial charge in [-0.2, -0.15) is 0 Å². The number of alkyl halides is 3. The van der Waals surface area contributed by atoms with Crippen LogP contribution in [0.1, 0.15) is 19.8 Å². The van der Waals surface area contributed by atoms with Gasteiger partial charge in [-0.25, -0.2) is 0 Å². The zero-order valence-corrected chi connectivity index (χ0v) is 16.6. The molecule has 3 N–H and O–H groups in total. The molecule has 25 heavy (non-hydrogen) atoms. The van der Waals surface area contributed by atoms with E-state index in [0.717, 1.165) is 16.5 Å². The Bertz CT molecular complexity index is 759. The van der Waals surface area contributed by atoms with Crippen molar-refractivity contribution in [3.8, 4) is 0 Å². The molecule has 0 aliphatic heterocycles. The maximum absolute atomic E-state index is 11.8. The Balaban J connectivity index is 2.11. The van der Waals surface area contributed by atoms with E-state index in [1.165, 1.54) is 0 Å². The Morgan fingerprint density at radius 1 is 1.12 bits per heavy atom. The predicted molar refractivity (Wildman–Crippen MR) is 110 cm³/mol. The number of thiocarbonyl (C=S) groups is 1. The van der Waals surface area contributed by atoms with E-state index in [9.17, 15) is 4.79 Å². The van der Waals surface area contributed by atoms with E-state index in [2.05, 4.69) is 16.0 Å². The van der Waals surface area contributed by atoms with Gasteiger partial charge in [0, 0.05) is 17.5 Å². The van der Waals surface area contributed by atoms with Crippen molar-refractivity contribution in [1.29, 1.82) is 0 Å². The van der Waals surface area contributed by atoms with Crippen LogP contribution in [-0.2, 0) is 4.79 Å². The van der Waals surface area contributed by atoms with Crippen molar-refractivity contribution in [2.24, 2.45) is 0 Å². The van der Waals surface area contributed by atoms with Gasteiger partial charge in [0.15, 0.2) is 5.11 Å². The number of fused-ring (bicyclic) bond motifs is 1. The van der Waals surface area contributed by atoms with Crippen molar-refractivity contribution >= 4 is 74.5 Å². The molecule has 2 aromatic rings. The molecule has 0 saturated heterocycles. The SMILES string of the molecule is CCCC(=O)N[C@@H](NC(=S)Nc1cccc2ccccc12)C(Cl)(Cl)Cl. The summed E-state index contributed by atoms with van der Waals surface area (Å²) in [5, 5.41) is 10.9. The summed E-state index contributed by atoms with van der Waals surface area (Å²) < 4.78 is -1.76. The van der Waals surface area contributed by atoms with Gasteiger partial charge >= 0.3 is 0 Å². The number of hydrogen-bond donors (Lipinski definition) is 3. The van der Waals surface area contributed by atoms with Gasteiger partial charge < -0.3 is 16.0 Å². The molecule has 1 amide bonds. The highest BCUT2D eigenvalue weighted by Gasteiger charge is 2.34.